The molecule has 0 aliphatic rings. The van der Waals surface area contributed by atoms with Gasteiger partial charge in [0, 0.05) is 37.0 Å². The van der Waals surface area contributed by atoms with Crippen LogP contribution in [0.15, 0.2) is 24.4 Å². The third-order valence-electron chi connectivity index (χ3n) is 2.80. The largest absolute Gasteiger partial charge is 0.310 e. The molecule has 102 valence electrons. The third-order valence-corrected chi connectivity index (χ3v) is 3.54. The van der Waals surface area contributed by atoms with Crippen LogP contribution in [0.5, 0.6) is 0 Å². The van der Waals surface area contributed by atoms with Gasteiger partial charge in [-0.3, -0.25) is 4.68 Å². The number of aryl methyl sites for hydroxylation is 1. The summed E-state index contributed by atoms with van der Waals surface area (Å²) >= 11 is 12.0. The van der Waals surface area contributed by atoms with Gasteiger partial charge in [-0.15, -0.1) is 0 Å². The third kappa shape index (κ3) is 3.50. The van der Waals surface area contributed by atoms with E-state index in [9.17, 15) is 0 Å². The first-order valence-corrected chi connectivity index (χ1v) is 6.94. The molecule has 2 rings (SSSR count). The summed E-state index contributed by atoms with van der Waals surface area (Å²) in [5, 5.41) is 9.01. The van der Waals surface area contributed by atoms with Crippen LogP contribution in [0, 0.1) is 0 Å². The molecule has 1 N–H and O–H groups in total. The lowest BCUT2D eigenvalue weighted by Gasteiger charge is -2.08. The van der Waals surface area contributed by atoms with Crippen molar-refractivity contribution in [3.8, 4) is 11.3 Å². The van der Waals surface area contributed by atoms with Gasteiger partial charge >= 0.3 is 0 Å². The molecule has 0 spiro atoms. The Morgan fingerprint density at radius 2 is 2.00 bits per heavy atom. The topological polar surface area (TPSA) is 29.9 Å². The lowest BCUT2D eigenvalue weighted by atomic mass is 10.1. The average molecular weight is 298 g/mol. The molecule has 0 atom stereocenters. The van der Waals surface area contributed by atoms with Crippen molar-refractivity contribution in [1.82, 2.24) is 15.1 Å². The minimum atomic E-state index is 0.432. The van der Waals surface area contributed by atoms with Crippen LogP contribution in [0.1, 0.15) is 19.4 Å². The Balaban J connectivity index is 2.35. The van der Waals surface area contributed by atoms with Crippen molar-refractivity contribution in [3.63, 3.8) is 0 Å². The zero-order valence-corrected chi connectivity index (χ0v) is 12.8. The van der Waals surface area contributed by atoms with Crippen molar-refractivity contribution < 1.29 is 0 Å². The van der Waals surface area contributed by atoms with E-state index in [0.717, 1.165) is 23.4 Å². The van der Waals surface area contributed by atoms with Crippen LogP contribution in [0.3, 0.4) is 0 Å². The van der Waals surface area contributed by atoms with E-state index in [2.05, 4.69) is 24.3 Å². The maximum atomic E-state index is 6.07. The summed E-state index contributed by atoms with van der Waals surface area (Å²) in [4.78, 5) is 0. The first kappa shape index (κ1) is 14.4. The summed E-state index contributed by atoms with van der Waals surface area (Å²) < 4.78 is 1.81. The van der Waals surface area contributed by atoms with Gasteiger partial charge in [-0.1, -0.05) is 43.1 Å². The summed E-state index contributed by atoms with van der Waals surface area (Å²) in [6, 6.07) is 6.02. The number of aromatic nitrogens is 2. The number of benzene rings is 1. The molecule has 0 bridgehead atoms. The van der Waals surface area contributed by atoms with Gasteiger partial charge in [0.05, 0.1) is 15.7 Å². The highest BCUT2D eigenvalue weighted by Gasteiger charge is 2.11. The fourth-order valence-corrected chi connectivity index (χ4v) is 2.17. The Morgan fingerprint density at radius 3 is 2.63 bits per heavy atom. The highest BCUT2D eigenvalue weighted by Crippen LogP contribution is 2.29. The predicted molar refractivity (Wildman–Crippen MR) is 80.6 cm³/mol. The predicted octanol–water partition coefficient (Wildman–Crippen LogP) is 3.89. The molecule has 1 aromatic heterocycles. The van der Waals surface area contributed by atoms with E-state index in [4.69, 9.17) is 23.2 Å². The van der Waals surface area contributed by atoms with Crippen LogP contribution in [-0.4, -0.2) is 15.8 Å². The zero-order valence-electron chi connectivity index (χ0n) is 11.2. The maximum absolute atomic E-state index is 6.07. The van der Waals surface area contributed by atoms with E-state index >= 15 is 0 Å². The molecule has 0 aliphatic heterocycles. The van der Waals surface area contributed by atoms with E-state index in [1.54, 1.807) is 6.07 Å². The molecule has 0 saturated heterocycles. The second kappa shape index (κ2) is 5.95. The van der Waals surface area contributed by atoms with Crippen molar-refractivity contribution in [3.05, 3.63) is 40.0 Å². The van der Waals surface area contributed by atoms with Crippen LogP contribution in [0.2, 0.25) is 10.0 Å². The molecule has 0 radical (unpaired) electrons. The van der Waals surface area contributed by atoms with Crippen molar-refractivity contribution in [2.45, 2.75) is 26.4 Å². The Morgan fingerprint density at radius 1 is 1.26 bits per heavy atom. The molecule has 5 heteroatoms. The Bertz CT molecular complexity index is 576. The van der Waals surface area contributed by atoms with E-state index in [1.165, 1.54) is 0 Å². The fourth-order valence-electron chi connectivity index (χ4n) is 1.87. The van der Waals surface area contributed by atoms with Crippen molar-refractivity contribution in [2.24, 2.45) is 7.05 Å². The number of rotatable bonds is 4. The smallest absolute Gasteiger partial charge is 0.0968 e. The quantitative estimate of drug-likeness (QED) is 0.928. The van der Waals surface area contributed by atoms with Gasteiger partial charge in [0.15, 0.2) is 0 Å². The van der Waals surface area contributed by atoms with Crippen molar-refractivity contribution in [1.29, 1.82) is 0 Å². The van der Waals surface area contributed by atoms with E-state index < -0.39 is 0 Å². The number of halogens is 2. The molecular formula is C14H17Cl2N3. The summed E-state index contributed by atoms with van der Waals surface area (Å²) in [6.45, 7) is 5.02. The monoisotopic (exact) mass is 297 g/mol. The standard InChI is InChI=1S/C14H17Cl2N3/c1-9(2)17-7-11-8-19(3)18-14(11)10-4-5-12(15)13(16)6-10/h4-6,8-9,17H,7H2,1-3H3. The highest BCUT2D eigenvalue weighted by molar-refractivity contribution is 6.42. The van der Waals surface area contributed by atoms with Gasteiger partial charge in [-0.25, -0.2) is 0 Å². The van der Waals surface area contributed by atoms with Crippen LogP contribution < -0.4 is 5.32 Å². The molecule has 19 heavy (non-hydrogen) atoms. The lowest BCUT2D eigenvalue weighted by Crippen LogP contribution is -2.21. The molecule has 1 heterocycles. The molecule has 0 amide bonds. The number of nitrogens with zero attached hydrogens (tertiary/aromatic N) is 2. The maximum Gasteiger partial charge on any atom is 0.0968 e. The van der Waals surface area contributed by atoms with Gasteiger partial charge in [-0.05, 0) is 12.1 Å². The highest BCUT2D eigenvalue weighted by atomic mass is 35.5. The van der Waals surface area contributed by atoms with Gasteiger partial charge in [0.25, 0.3) is 0 Å². The SMILES string of the molecule is CC(C)NCc1cn(C)nc1-c1ccc(Cl)c(Cl)c1. The molecule has 3 nitrogen and oxygen atoms in total. The van der Waals surface area contributed by atoms with Crippen molar-refractivity contribution >= 4 is 23.2 Å². The minimum Gasteiger partial charge on any atom is -0.310 e. The van der Waals surface area contributed by atoms with Crippen molar-refractivity contribution in [2.75, 3.05) is 0 Å². The van der Waals surface area contributed by atoms with Crippen LogP contribution in [-0.2, 0) is 13.6 Å². The normalized spacial score (nSPS) is 11.3. The molecule has 0 saturated carbocycles. The summed E-state index contributed by atoms with van der Waals surface area (Å²) in [7, 11) is 1.92. The second-order valence-electron chi connectivity index (χ2n) is 4.84. The molecule has 1 aromatic carbocycles. The zero-order chi connectivity index (χ0) is 14.0. The van der Waals surface area contributed by atoms with Crippen LogP contribution in [0.25, 0.3) is 11.3 Å². The number of hydrogen-bond acceptors (Lipinski definition) is 2. The van der Waals surface area contributed by atoms with E-state index in [-0.39, 0.29) is 0 Å². The van der Waals surface area contributed by atoms with Gasteiger partial charge in [0.1, 0.15) is 0 Å². The summed E-state index contributed by atoms with van der Waals surface area (Å²) in [5.41, 5.74) is 3.07. The van der Waals surface area contributed by atoms with Gasteiger partial charge < -0.3 is 5.32 Å². The van der Waals surface area contributed by atoms with Gasteiger partial charge in [-0.2, -0.15) is 5.10 Å². The van der Waals surface area contributed by atoms with Crippen LogP contribution in [0.4, 0.5) is 0 Å². The molecule has 0 fully saturated rings. The number of nitrogens with one attached hydrogen (secondary N) is 1. The second-order valence-corrected chi connectivity index (χ2v) is 5.66. The van der Waals surface area contributed by atoms with E-state index in [1.807, 2.05) is 30.1 Å². The first-order chi connectivity index (χ1) is 8.97. The summed E-state index contributed by atoms with van der Waals surface area (Å²) in [5.74, 6) is 0. The van der Waals surface area contributed by atoms with E-state index in [0.29, 0.717) is 16.1 Å². The number of hydrogen-bond donors (Lipinski definition) is 1. The van der Waals surface area contributed by atoms with Crippen LogP contribution >= 0.6 is 23.2 Å². The Hall–Kier alpha value is -1.03. The average Bonchev–Trinajstić information content (AvgIpc) is 2.71. The Labute approximate surface area is 123 Å². The minimum absolute atomic E-state index is 0.432. The molecule has 2 aromatic rings. The Kier molecular flexibility index (Phi) is 4.50. The molecule has 0 unspecified atom stereocenters. The lowest BCUT2D eigenvalue weighted by molar-refractivity contribution is 0.589. The molecule has 0 aliphatic carbocycles. The van der Waals surface area contributed by atoms with Gasteiger partial charge in [0.2, 0.25) is 0 Å². The fraction of sp³-hybridized carbons (Fsp3) is 0.357. The molecular weight excluding hydrogens is 281 g/mol. The first-order valence-electron chi connectivity index (χ1n) is 6.18. The summed E-state index contributed by atoms with van der Waals surface area (Å²) in [6.07, 6.45) is 2.02.